The largest absolute Gasteiger partial charge is 0.377 e. The van der Waals surface area contributed by atoms with Crippen LogP contribution in [0.4, 0.5) is 11.4 Å². The van der Waals surface area contributed by atoms with Crippen LogP contribution in [-0.4, -0.2) is 64.3 Å². The number of anilines is 2. The first-order valence-electron chi connectivity index (χ1n) is 8.71. The number of carbonyl (C=O) groups is 2. The molecular formula is C19H31N3O4. The lowest BCUT2D eigenvalue weighted by molar-refractivity contribution is -0.138. The molecule has 0 fully saturated rings. The van der Waals surface area contributed by atoms with Crippen LogP contribution in [-0.2, 0) is 25.6 Å². The van der Waals surface area contributed by atoms with Gasteiger partial charge in [0.05, 0.1) is 0 Å². The van der Waals surface area contributed by atoms with Crippen molar-refractivity contribution >= 4 is 23.2 Å². The van der Waals surface area contributed by atoms with E-state index in [1.165, 1.54) is 14.2 Å². The molecule has 0 saturated carbocycles. The summed E-state index contributed by atoms with van der Waals surface area (Å²) in [5.74, 6) is -0.273. The third-order valence-electron chi connectivity index (χ3n) is 4.17. The van der Waals surface area contributed by atoms with Gasteiger partial charge in [0.25, 0.3) is 0 Å². The van der Waals surface area contributed by atoms with Crippen molar-refractivity contribution in [1.82, 2.24) is 4.90 Å². The molecule has 1 rings (SSSR count). The zero-order valence-corrected chi connectivity index (χ0v) is 16.7. The van der Waals surface area contributed by atoms with Crippen LogP contribution in [0.15, 0.2) is 18.2 Å². The van der Waals surface area contributed by atoms with Gasteiger partial charge < -0.3 is 24.6 Å². The lowest BCUT2D eigenvalue weighted by Crippen LogP contribution is -2.40. The summed E-state index contributed by atoms with van der Waals surface area (Å²) >= 11 is 0. The number of hydrogen-bond donors (Lipinski definition) is 1. The topological polar surface area (TPSA) is 71.1 Å². The quantitative estimate of drug-likeness (QED) is 0.688. The summed E-state index contributed by atoms with van der Waals surface area (Å²) in [6, 6.07) is 5.77. The lowest BCUT2D eigenvalue weighted by atomic mass is 10.1. The number of amides is 2. The predicted molar refractivity (Wildman–Crippen MR) is 103 cm³/mol. The molecule has 0 radical (unpaired) electrons. The molecule has 0 aliphatic heterocycles. The second-order valence-electron chi connectivity index (χ2n) is 6.43. The predicted octanol–water partition coefficient (Wildman–Crippen LogP) is 2.11. The van der Waals surface area contributed by atoms with Gasteiger partial charge in [-0.05, 0) is 37.1 Å². The average molecular weight is 365 g/mol. The third kappa shape index (κ3) is 6.31. The molecule has 7 nitrogen and oxygen atoms in total. The average Bonchev–Trinajstić information content (AvgIpc) is 2.59. The molecule has 0 bridgehead atoms. The molecule has 0 unspecified atom stereocenters. The molecule has 1 N–H and O–H groups in total. The van der Waals surface area contributed by atoms with Gasteiger partial charge in [-0.2, -0.15) is 0 Å². The highest BCUT2D eigenvalue weighted by Gasteiger charge is 2.21. The fourth-order valence-electron chi connectivity index (χ4n) is 2.65. The van der Waals surface area contributed by atoms with E-state index in [0.29, 0.717) is 12.2 Å². The molecule has 0 aliphatic carbocycles. The van der Waals surface area contributed by atoms with E-state index in [1.807, 2.05) is 55.9 Å². The second kappa shape index (κ2) is 10.8. The van der Waals surface area contributed by atoms with Gasteiger partial charge in [0.2, 0.25) is 11.8 Å². The molecule has 1 aromatic carbocycles. The molecule has 0 aliphatic rings. The Kier molecular flexibility index (Phi) is 9.09. The first kappa shape index (κ1) is 21.9. The zero-order chi connectivity index (χ0) is 19.7. The van der Waals surface area contributed by atoms with E-state index in [4.69, 9.17) is 9.47 Å². The van der Waals surface area contributed by atoms with E-state index in [2.05, 4.69) is 5.32 Å². The minimum atomic E-state index is -0.217. The van der Waals surface area contributed by atoms with Gasteiger partial charge in [-0.25, -0.2) is 0 Å². The van der Waals surface area contributed by atoms with Crippen molar-refractivity contribution in [2.45, 2.75) is 32.9 Å². The van der Waals surface area contributed by atoms with Crippen molar-refractivity contribution in [3.05, 3.63) is 23.8 Å². The minimum absolute atomic E-state index is 0.00389. The maximum atomic E-state index is 12.5. The molecule has 1 atom stereocenters. The fraction of sp³-hybridized carbons (Fsp3) is 0.579. The Morgan fingerprint density at radius 2 is 1.81 bits per heavy atom. The van der Waals surface area contributed by atoms with Crippen LogP contribution >= 0.6 is 0 Å². The summed E-state index contributed by atoms with van der Waals surface area (Å²) < 4.78 is 9.88. The van der Waals surface area contributed by atoms with E-state index < -0.39 is 0 Å². The van der Waals surface area contributed by atoms with E-state index in [1.54, 1.807) is 0 Å². The number of hydrogen-bond acceptors (Lipinski definition) is 5. The van der Waals surface area contributed by atoms with E-state index in [-0.39, 0.29) is 31.1 Å². The van der Waals surface area contributed by atoms with Crippen LogP contribution < -0.4 is 10.2 Å². The Hall–Kier alpha value is -2.12. The van der Waals surface area contributed by atoms with Crippen LogP contribution in [0.25, 0.3) is 0 Å². The number of methoxy groups -OCH3 is 2. The highest BCUT2D eigenvalue weighted by molar-refractivity contribution is 5.92. The molecular weight excluding hydrogens is 334 g/mol. The standard InChI is InChI=1S/C19H31N3O4/c1-7-14(2)22(19(24)13-26-6)11-15-10-16(20-18(23)12-25-5)8-9-17(15)21(3)4/h8-10,14H,7,11-13H2,1-6H3,(H,20,23)/t14-/m0/s1. The Morgan fingerprint density at radius 1 is 1.15 bits per heavy atom. The van der Waals surface area contributed by atoms with Crippen LogP contribution in [0.3, 0.4) is 0 Å². The monoisotopic (exact) mass is 365 g/mol. The second-order valence-corrected chi connectivity index (χ2v) is 6.43. The summed E-state index contributed by atoms with van der Waals surface area (Å²) in [7, 11) is 6.90. The summed E-state index contributed by atoms with van der Waals surface area (Å²) in [6.07, 6.45) is 0.844. The molecule has 2 amide bonds. The smallest absolute Gasteiger partial charge is 0.250 e. The highest BCUT2D eigenvalue weighted by Crippen LogP contribution is 2.25. The fourth-order valence-corrected chi connectivity index (χ4v) is 2.65. The number of benzene rings is 1. The Bertz CT molecular complexity index is 604. The first-order valence-corrected chi connectivity index (χ1v) is 8.71. The number of nitrogens with one attached hydrogen (secondary N) is 1. The van der Waals surface area contributed by atoms with Crippen LogP contribution in [0.2, 0.25) is 0 Å². The van der Waals surface area contributed by atoms with Crippen LogP contribution in [0, 0.1) is 0 Å². The van der Waals surface area contributed by atoms with Crippen LogP contribution in [0.5, 0.6) is 0 Å². The van der Waals surface area contributed by atoms with Crippen molar-refractivity contribution < 1.29 is 19.1 Å². The molecule has 26 heavy (non-hydrogen) atoms. The molecule has 0 heterocycles. The van der Waals surface area contributed by atoms with Gasteiger partial charge in [-0.15, -0.1) is 0 Å². The SMILES string of the molecule is CC[C@H](C)N(Cc1cc(NC(=O)COC)ccc1N(C)C)C(=O)COC. The van der Waals surface area contributed by atoms with Crippen molar-refractivity contribution in [2.24, 2.45) is 0 Å². The Morgan fingerprint density at radius 3 is 2.35 bits per heavy atom. The maximum absolute atomic E-state index is 12.5. The van der Waals surface area contributed by atoms with E-state index in [0.717, 1.165) is 17.7 Å². The normalized spacial score (nSPS) is 11.8. The summed E-state index contributed by atoms with van der Waals surface area (Å²) in [5.41, 5.74) is 2.62. The van der Waals surface area contributed by atoms with Gasteiger partial charge in [-0.1, -0.05) is 6.92 Å². The summed E-state index contributed by atoms with van der Waals surface area (Å²) in [4.78, 5) is 28.1. The highest BCUT2D eigenvalue weighted by atomic mass is 16.5. The number of ether oxygens (including phenoxy) is 2. The van der Waals surface area contributed by atoms with Gasteiger partial charge in [-0.3, -0.25) is 9.59 Å². The molecule has 7 heteroatoms. The number of rotatable bonds is 10. The molecule has 0 saturated heterocycles. The van der Waals surface area contributed by atoms with Gasteiger partial charge in [0.1, 0.15) is 13.2 Å². The van der Waals surface area contributed by atoms with E-state index >= 15 is 0 Å². The molecule has 0 spiro atoms. The number of carbonyl (C=O) groups excluding carboxylic acids is 2. The Balaban J connectivity index is 3.15. The molecule has 0 aromatic heterocycles. The summed E-state index contributed by atoms with van der Waals surface area (Å²) in [6.45, 7) is 4.56. The molecule has 1 aromatic rings. The molecule has 146 valence electrons. The van der Waals surface area contributed by atoms with Crippen molar-refractivity contribution in [3.63, 3.8) is 0 Å². The maximum Gasteiger partial charge on any atom is 0.250 e. The summed E-state index contributed by atoms with van der Waals surface area (Å²) in [5, 5.41) is 2.81. The number of nitrogens with zero attached hydrogens (tertiary/aromatic N) is 2. The third-order valence-corrected chi connectivity index (χ3v) is 4.17. The van der Waals surface area contributed by atoms with Crippen molar-refractivity contribution in [2.75, 3.05) is 51.7 Å². The van der Waals surface area contributed by atoms with Gasteiger partial charge in [0, 0.05) is 52.3 Å². The lowest BCUT2D eigenvalue weighted by Gasteiger charge is -2.30. The zero-order valence-electron chi connectivity index (χ0n) is 16.7. The van der Waals surface area contributed by atoms with E-state index in [9.17, 15) is 9.59 Å². The van der Waals surface area contributed by atoms with Crippen molar-refractivity contribution in [3.8, 4) is 0 Å². The van der Waals surface area contributed by atoms with Crippen molar-refractivity contribution in [1.29, 1.82) is 0 Å². The van der Waals surface area contributed by atoms with Gasteiger partial charge in [0.15, 0.2) is 0 Å². The van der Waals surface area contributed by atoms with Gasteiger partial charge >= 0.3 is 0 Å². The minimum Gasteiger partial charge on any atom is -0.377 e. The Labute approximate surface area is 156 Å². The van der Waals surface area contributed by atoms with Crippen LogP contribution in [0.1, 0.15) is 25.8 Å². The first-order chi connectivity index (χ1) is 12.3.